The molecule has 2 rings (SSSR count). The van der Waals surface area contributed by atoms with Gasteiger partial charge in [-0.1, -0.05) is 54.1 Å². The summed E-state index contributed by atoms with van der Waals surface area (Å²) in [5.74, 6) is 0.964. The Bertz CT molecular complexity index is 873. The van der Waals surface area contributed by atoms with Crippen LogP contribution in [0.4, 0.5) is 0 Å². The van der Waals surface area contributed by atoms with Gasteiger partial charge in [0, 0.05) is 17.8 Å². The van der Waals surface area contributed by atoms with Crippen LogP contribution in [0.2, 0.25) is 0 Å². The highest BCUT2D eigenvalue weighted by atomic mass is 32.2. The van der Waals surface area contributed by atoms with Crippen molar-refractivity contribution in [2.45, 2.75) is 65.4 Å². The lowest BCUT2D eigenvalue weighted by atomic mass is 10.1. The molecule has 2 aromatic carbocycles. The molecule has 0 saturated heterocycles. The maximum atomic E-state index is 13.1. The molecule has 2 amide bonds. The van der Waals surface area contributed by atoms with Gasteiger partial charge in [-0.15, -0.1) is 11.8 Å². The van der Waals surface area contributed by atoms with Crippen molar-refractivity contribution in [2.24, 2.45) is 0 Å². The Balaban J connectivity index is 2.11. The molecule has 0 fully saturated rings. The minimum absolute atomic E-state index is 0.0216. The predicted molar refractivity (Wildman–Crippen MR) is 126 cm³/mol. The average Bonchev–Trinajstić information content (AvgIpc) is 2.65. The predicted octanol–water partition coefficient (Wildman–Crippen LogP) is 4.87. The summed E-state index contributed by atoms with van der Waals surface area (Å²) < 4.78 is 0. The van der Waals surface area contributed by atoms with Crippen LogP contribution < -0.4 is 5.32 Å². The van der Waals surface area contributed by atoms with Gasteiger partial charge in [-0.05, 0) is 58.2 Å². The number of thioether (sulfide) groups is 1. The van der Waals surface area contributed by atoms with Gasteiger partial charge in [-0.3, -0.25) is 9.59 Å². The van der Waals surface area contributed by atoms with E-state index in [2.05, 4.69) is 30.4 Å². The lowest BCUT2D eigenvalue weighted by molar-refractivity contribution is -0.139. The van der Waals surface area contributed by atoms with Gasteiger partial charge >= 0.3 is 0 Å². The molecule has 0 aliphatic carbocycles. The Morgan fingerprint density at radius 3 is 2.40 bits per heavy atom. The fourth-order valence-electron chi connectivity index (χ4n) is 3.17. The smallest absolute Gasteiger partial charge is 0.242 e. The summed E-state index contributed by atoms with van der Waals surface area (Å²) in [4.78, 5) is 27.6. The highest BCUT2D eigenvalue weighted by Gasteiger charge is 2.28. The number of carbonyl (C=O) groups is 2. The van der Waals surface area contributed by atoms with Gasteiger partial charge in [0.1, 0.15) is 6.04 Å². The van der Waals surface area contributed by atoms with Crippen molar-refractivity contribution in [2.75, 3.05) is 5.75 Å². The molecule has 5 heteroatoms. The van der Waals surface area contributed by atoms with Gasteiger partial charge in [0.25, 0.3) is 0 Å². The summed E-state index contributed by atoms with van der Waals surface area (Å²) >= 11 is 1.59. The number of benzene rings is 2. The van der Waals surface area contributed by atoms with Gasteiger partial charge in [0.15, 0.2) is 0 Å². The van der Waals surface area contributed by atoms with Crippen LogP contribution >= 0.6 is 11.8 Å². The van der Waals surface area contributed by atoms with E-state index in [-0.39, 0.29) is 17.4 Å². The molecule has 4 nitrogen and oxygen atoms in total. The second-order valence-corrected chi connectivity index (χ2v) is 9.83. The Morgan fingerprint density at radius 1 is 1.07 bits per heavy atom. The lowest BCUT2D eigenvalue weighted by Crippen LogP contribution is -2.52. The van der Waals surface area contributed by atoms with E-state index in [9.17, 15) is 9.59 Å². The number of rotatable bonds is 8. The lowest BCUT2D eigenvalue weighted by Gasteiger charge is -2.31. The third-order valence-corrected chi connectivity index (χ3v) is 5.81. The average molecular weight is 427 g/mol. The minimum atomic E-state index is -0.545. The minimum Gasteiger partial charge on any atom is -0.350 e. The monoisotopic (exact) mass is 426 g/mol. The van der Waals surface area contributed by atoms with Crippen LogP contribution in [0.15, 0.2) is 48.5 Å². The Hall–Kier alpha value is -2.27. The zero-order valence-electron chi connectivity index (χ0n) is 19.0. The summed E-state index contributed by atoms with van der Waals surface area (Å²) in [7, 11) is 0. The molecule has 0 heterocycles. The van der Waals surface area contributed by atoms with E-state index in [1.165, 1.54) is 11.1 Å². The second kappa shape index (κ2) is 10.7. The zero-order chi connectivity index (χ0) is 22.3. The molecule has 0 aromatic heterocycles. The number of aryl methyl sites for hydroxylation is 2. The van der Waals surface area contributed by atoms with E-state index in [0.717, 1.165) is 16.9 Å². The summed E-state index contributed by atoms with van der Waals surface area (Å²) in [6.07, 6.45) is 0. The van der Waals surface area contributed by atoms with Gasteiger partial charge in [0.05, 0.1) is 5.75 Å². The molecule has 30 heavy (non-hydrogen) atoms. The van der Waals surface area contributed by atoms with Crippen LogP contribution in [0.1, 0.15) is 49.9 Å². The highest BCUT2D eigenvalue weighted by molar-refractivity contribution is 7.99. The Morgan fingerprint density at radius 2 is 1.77 bits per heavy atom. The quantitative estimate of drug-likeness (QED) is 0.655. The van der Waals surface area contributed by atoms with E-state index >= 15 is 0 Å². The third-order valence-electron chi connectivity index (χ3n) is 4.85. The topological polar surface area (TPSA) is 49.4 Å². The first-order valence-electron chi connectivity index (χ1n) is 10.4. The molecule has 2 aromatic rings. The van der Waals surface area contributed by atoms with Crippen molar-refractivity contribution in [1.82, 2.24) is 10.2 Å². The van der Waals surface area contributed by atoms with Gasteiger partial charge < -0.3 is 10.2 Å². The van der Waals surface area contributed by atoms with Crippen LogP contribution in [0.5, 0.6) is 0 Å². The molecule has 1 unspecified atom stereocenters. The first kappa shape index (κ1) is 24.0. The summed E-state index contributed by atoms with van der Waals surface area (Å²) in [5, 5.41) is 3.00. The van der Waals surface area contributed by atoms with Crippen molar-refractivity contribution in [3.8, 4) is 0 Å². The molecule has 0 aliphatic heterocycles. The molecule has 0 aliphatic rings. The summed E-state index contributed by atoms with van der Waals surface area (Å²) in [6.45, 7) is 12.2. The maximum absolute atomic E-state index is 13.1. The summed E-state index contributed by atoms with van der Waals surface area (Å²) in [6, 6.07) is 15.8. The number of nitrogens with zero attached hydrogens (tertiary/aromatic N) is 1. The normalized spacial score (nSPS) is 12.3. The molecule has 0 bridgehead atoms. The number of hydrogen-bond acceptors (Lipinski definition) is 3. The fraction of sp³-hybridized carbons (Fsp3) is 0.440. The Labute approximate surface area is 185 Å². The van der Waals surface area contributed by atoms with Crippen LogP contribution in [-0.2, 0) is 21.9 Å². The van der Waals surface area contributed by atoms with Gasteiger partial charge in [-0.2, -0.15) is 0 Å². The van der Waals surface area contributed by atoms with E-state index in [1.807, 2.05) is 58.0 Å². The van der Waals surface area contributed by atoms with Crippen molar-refractivity contribution >= 4 is 23.6 Å². The SMILES string of the molecule is Cc1cccc(CN(C(=O)CSCc2ccccc2C)C(C)C(=O)NC(C)(C)C)c1. The molecular weight excluding hydrogens is 392 g/mol. The van der Waals surface area contributed by atoms with E-state index in [0.29, 0.717) is 12.3 Å². The van der Waals surface area contributed by atoms with Crippen molar-refractivity contribution in [3.05, 3.63) is 70.8 Å². The van der Waals surface area contributed by atoms with Crippen LogP contribution in [0.3, 0.4) is 0 Å². The number of hydrogen-bond donors (Lipinski definition) is 1. The van der Waals surface area contributed by atoms with E-state index in [4.69, 9.17) is 0 Å². The highest BCUT2D eigenvalue weighted by Crippen LogP contribution is 2.18. The fourth-order valence-corrected chi connectivity index (χ4v) is 4.15. The van der Waals surface area contributed by atoms with E-state index in [1.54, 1.807) is 23.6 Å². The summed E-state index contributed by atoms with van der Waals surface area (Å²) in [5.41, 5.74) is 4.29. The van der Waals surface area contributed by atoms with Crippen molar-refractivity contribution < 1.29 is 9.59 Å². The van der Waals surface area contributed by atoms with Crippen molar-refractivity contribution in [1.29, 1.82) is 0 Å². The third kappa shape index (κ3) is 7.52. The zero-order valence-corrected chi connectivity index (χ0v) is 19.8. The van der Waals surface area contributed by atoms with Crippen LogP contribution in [-0.4, -0.2) is 34.0 Å². The number of carbonyl (C=O) groups excluding carboxylic acids is 2. The first-order chi connectivity index (χ1) is 14.1. The Kier molecular flexibility index (Phi) is 8.54. The molecule has 1 N–H and O–H groups in total. The number of amides is 2. The first-order valence-corrected chi connectivity index (χ1v) is 11.5. The molecule has 162 valence electrons. The van der Waals surface area contributed by atoms with Crippen LogP contribution in [0, 0.1) is 13.8 Å². The van der Waals surface area contributed by atoms with E-state index < -0.39 is 6.04 Å². The number of nitrogens with one attached hydrogen (secondary N) is 1. The van der Waals surface area contributed by atoms with Crippen molar-refractivity contribution in [3.63, 3.8) is 0 Å². The molecule has 1 atom stereocenters. The molecular formula is C25H34N2O2S. The van der Waals surface area contributed by atoms with Crippen LogP contribution in [0.25, 0.3) is 0 Å². The molecule has 0 radical (unpaired) electrons. The second-order valence-electron chi connectivity index (χ2n) is 8.85. The molecule has 0 spiro atoms. The maximum Gasteiger partial charge on any atom is 0.242 e. The largest absolute Gasteiger partial charge is 0.350 e. The molecule has 0 saturated carbocycles. The van der Waals surface area contributed by atoms with Gasteiger partial charge in [0.2, 0.25) is 11.8 Å². The van der Waals surface area contributed by atoms with Gasteiger partial charge in [-0.25, -0.2) is 0 Å². The standard InChI is InChI=1S/C25H34N2O2S/c1-18-10-9-12-21(14-18)15-27(20(3)24(29)26-25(4,5)6)23(28)17-30-16-22-13-8-7-11-19(22)2/h7-14,20H,15-17H2,1-6H3,(H,26,29).